The Bertz CT molecular complexity index is 2410. The summed E-state index contributed by atoms with van der Waals surface area (Å²) < 4.78 is 43.5. The van der Waals surface area contributed by atoms with Crippen molar-refractivity contribution in [2.75, 3.05) is 18.5 Å². The third-order valence-corrected chi connectivity index (χ3v) is 11.6. The normalized spacial score (nSPS) is 11.6. The molecule has 6 aromatic carbocycles. The summed E-state index contributed by atoms with van der Waals surface area (Å²) >= 11 is 12.4. The van der Waals surface area contributed by atoms with Crippen LogP contribution < -0.4 is 4.90 Å². The van der Waals surface area contributed by atoms with Crippen LogP contribution in [-0.2, 0) is 29.7 Å². The Balaban J connectivity index is 1.29. The first-order valence-electron chi connectivity index (χ1n) is 18.1. The van der Waals surface area contributed by atoms with Crippen molar-refractivity contribution < 1.29 is 22.7 Å². The van der Waals surface area contributed by atoms with Crippen LogP contribution in [-0.4, -0.2) is 42.4 Å². The number of phenolic OH excluding ortho intramolecular Hbond substituents is 1. The van der Waals surface area contributed by atoms with Crippen molar-refractivity contribution in [1.82, 2.24) is 9.21 Å². The van der Waals surface area contributed by atoms with Crippen molar-refractivity contribution in [2.45, 2.75) is 38.4 Å². The van der Waals surface area contributed by atoms with E-state index in [2.05, 4.69) is 13.8 Å². The molecule has 0 saturated carbocycles. The third kappa shape index (κ3) is 9.60. The van der Waals surface area contributed by atoms with E-state index in [0.29, 0.717) is 17.7 Å². The molecular formula is C45H42Cl2FN3O4S. The highest BCUT2D eigenvalue weighted by Crippen LogP contribution is 2.37. The van der Waals surface area contributed by atoms with Gasteiger partial charge in [0.25, 0.3) is 0 Å². The van der Waals surface area contributed by atoms with Gasteiger partial charge in [-0.1, -0.05) is 146 Å². The standard InChI is InChI=1S/C45H42Cl2FN3O4S/c1-31(2)27-50(45(53)49(3)42-15-8-7-14-40(42)37-12-5-4-6-13-37)28-33-10-9-11-34(24-33)30-51(56(54,55)43-26-38(46)25-41(47)44(43)52)29-32-16-18-35(19-17-32)36-20-22-39(48)23-21-36/h4-26,31,52H,27-30H2,1-3H3. The number of urea groups is 1. The van der Waals surface area contributed by atoms with Crippen molar-refractivity contribution in [2.24, 2.45) is 5.92 Å². The van der Waals surface area contributed by atoms with E-state index in [1.54, 1.807) is 29.0 Å². The molecule has 7 nitrogen and oxygen atoms in total. The number of aromatic hydroxyl groups is 1. The first-order chi connectivity index (χ1) is 26.8. The van der Waals surface area contributed by atoms with E-state index in [0.717, 1.165) is 33.5 Å². The summed E-state index contributed by atoms with van der Waals surface area (Å²) in [6.45, 7) is 4.77. The second kappa shape index (κ2) is 17.7. The van der Waals surface area contributed by atoms with E-state index >= 15 is 0 Å². The van der Waals surface area contributed by atoms with Crippen LogP contribution in [0.2, 0.25) is 10.0 Å². The molecule has 6 aromatic rings. The summed E-state index contributed by atoms with van der Waals surface area (Å²) in [4.78, 5) is 17.3. The molecule has 0 saturated heterocycles. The summed E-state index contributed by atoms with van der Waals surface area (Å²) in [5, 5.41) is 10.7. The Kier molecular flexibility index (Phi) is 12.8. The molecule has 0 unspecified atom stereocenters. The second-order valence-corrected chi connectivity index (χ2v) is 16.8. The molecule has 0 spiro atoms. The average Bonchev–Trinajstić information content (AvgIpc) is 3.19. The number of sulfonamides is 1. The number of hydrogen-bond donors (Lipinski definition) is 1. The van der Waals surface area contributed by atoms with Gasteiger partial charge in [0, 0.05) is 43.8 Å². The Labute approximate surface area is 338 Å². The maximum atomic E-state index is 14.4. The van der Waals surface area contributed by atoms with Gasteiger partial charge >= 0.3 is 6.03 Å². The number of para-hydroxylation sites is 1. The highest BCUT2D eigenvalue weighted by molar-refractivity contribution is 7.89. The maximum Gasteiger partial charge on any atom is 0.324 e. The molecule has 56 heavy (non-hydrogen) atoms. The number of halogens is 3. The van der Waals surface area contributed by atoms with Gasteiger partial charge in [-0.15, -0.1) is 0 Å². The minimum absolute atomic E-state index is 0.0522. The van der Waals surface area contributed by atoms with Crippen LogP contribution >= 0.6 is 23.2 Å². The first-order valence-corrected chi connectivity index (χ1v) is 20.3. The maximum absolute atomic E-state index is 14.4. The van der Waals surface area contributed by atoms with Gasteiger partial charge in [0.05, 0.1) is 10.7 Å². The Morgan fingerprint density at radius 1 is 0.696 bits per heavy atom. The van der Waals surface area contributed by atoms with E-state index in [9.17, 15) is 22.7 Å². The molecule has 2 amide bonds. The van der Waals surface area contributed by atoms with Crippen LogP contribution in [0, 0.1) is 11.7 Å². The average molecular weight is 811 g/mol. The number of amides is 2. The van der Waals surface area contributed by atoms with E-state index in [-0.39, 0.29) is 47.4 Å². The highest BCUT2D eigenvalue weighted by atomic mass is 35.5. The molecule has 0 atom stereocenters. The molecule has 6 rings (SSSR count). The van der Waals surface area contributed by atoms with Crippen molar-refractivity contribution >= 4 is 44.9 Å². The summed E-state index contributed by atoms with van der Waals surface area (Å²) in [6.07, 6.45) is 0. The van der Waals surface area contributed by atoms with Gasteiger partial charge in [-0.3, -0.25) is 4.90 Å². The summed E-state index contributed by atoms with van der Waals surface area (Å²) in [5.41, 5.74) is 6.53. The summed E-state index contributed by atoms with van der Waals surface area (Å²) in [5.74, 6) is -0.759. The van der Waals surface area contributed by atoms with Crippen molar-refractivity contribution in [1.29, 1.82) is 0 Å². The first kappa shape index (κ1) is 40.5. The largest absolute Gasteiger partial charge is 0.505 e. The van der Waals surface area contributed by atoms with E-state index < -0.39 is 20.7 Å². The highest BCUT2D eigenvalue weighted by Gasteiger charge is 2.30. The Morgan fingerprint density at radius 3 is 1.95 bits per heavy atom. The zero-order valence-corrected chi connectivity index (χ0v) is 33.6. The van der Waals surface area contributed by atoms with Crippen LogP contribution in [0.25, 0.3) is 22.3 Å². The van der Waals surface area contributed by atoms with Gasteiger partial charge < -0.3 is 10.0 Å². The van der Waals surface area contributed by atoms with Crippen LogP contribution in [0.15, 0.2) is 144 Å². The number of nitrogens with zero attached hydrogens (tertiary/aromatic N) is 3. The molecule has 1 N–H and O–H groups in total. The van der Waals surface area contributed by atoms with Gasteiger partial charge in [0.1, 0.15) is 10.7 Å². The zero-order valence-electron chi connectivity index (χ0n) is 31.2. The molecule has 11 heteroatoms. The number of carbonyl (C=O) groups is 1. The molecule has 0 fully saturated rings. The molecule has 0 aliphatic rings. The van der Waals surface area contributed by atoms with Gasteiger partial charge in [-0.2, -0.15) is 4.31 Å². The lowest BCUT2D eigenvalue weighted by Gasteiger charge is -2.31. The van der Waals surface area contributed by atoms with Gasteiger partial charge in [-0.05, 0) is 69.6 Å². The summed E-state index contributed by atoms with van der Waals surface area (Å²) in [7, 11) is -2.59. The van der Waals surface area contributed by atoms with E-state index in [1.807, 2.05) is 103 Å². The van der Waals surface area contributed by atoms with Crippen LogP contribution in [0.3, 0.4) is 0 Å². The number of anilines is 1. The molecule has 0 aliphatic heterocycles. The van der Waals surface area contributed by atoms with Crippen molar-refractivity contribution in [3.8, 4) is 28.0 Å². The fourth-order valence-electron chi connectivity index (χ4n) is 6.60. The summed E-state index contributed by atoms with van der Waals surface area (Å²) in [6, 6.07) is 40.9. The Morgan fingerprint density at radius 2 is 1.29 bits per heavy atom. The van der Waals surface area contributed by atoms with E-state index in [1.165, 1.54) is 28.6 Å². The molecule has 0 bridgehead atoms. The van der Waals surface area contributed by atoms with E-state index in [4.69, 9.17) is 23.2 Å². The van der Waals surface area contributed by atoms with Crippen LogP contribution in [0.5, 0.6) is 5.75 Å². The molecule has 0 aliphatic carbocycles. The van der Waals surface area contributed by atoms with Crippen LogP contribution in [0.1, 0.15) is 30.5 Å². The Hall–Kier alpha value is -5.19. The minimum Gasteiger partial charge on any atom is -0.505 e. The quantitative estimate of drug-likeness (QED) is 0.126. The number of hydrogen-bond acceptors (Lipinski definition) is 4. The van der Waals surface area contributed by atoms with Gasteiger partial charge in [-0.25, -0.2) is 17.6 Å². The minimum atomic E-state index is -4.37. The number of phenols is 1. The number of rotatable bonds is 13. The second-order valence-electron chi connectivity index (χ2n) is 14.0. The third-order valence-electron chi connectivity index (χ3n) is 9.32. The van der Waals surface area contributed by atoms with Crippen molar-refractivity contribution in [3.63, 3.8) is 0 Å². The number of carbonyl (C=O) groups excluding carboxylic acids is 1. The smallest absolute Gasteiger partial charge is 0.324 e. The fourth-order valence-corrected chi connectivity index (χ4v) is 8.76. The molecule has 0 heterocycles. The lowest BCUT2D eigenvalue weighted by Crippen LogP contribution is -2.42. The zero-order chi connectivity index (χ0) is 40.0. The van der Waals surface area contributed by atoms with Crippen molar-refractivity contribution in [3.05, 3.63) is 172 Å². The fraction of sp³-hybridized carbons (Fsp3) is 0.178. The lowest BCUT2D eigenvalue weighted by molar-refractivity contribution is 0.196. The topological polar surface area (TPSA) is 81.2 Å². The molecule has 0 radical (unpaired) electrons. The SMILES string of the molecule is CC(C)CN(Cc1cccc(CN(Cc2ccc(-c3ccc(F)cc3)cc2)S(=O)(=O)c2cc(Cl)cc(Cl)c2O)c1)C(=O)N(C)c1ccccc1-c1ccccc1. The molecule has 288 valence electrons. The van der Waals surface area contributed by atoms with Gasteiger partial charge in [0.2, 0.25) is 10.0 Å². The predicted molar refractivity (Wildman–Crippen MR) is 224 cm³/mol. The molecule has 0 aromatic heterocycles. The lowest BCUT2D eigenvalue weighted by atomic mass is 10.0. The monoisotopic (exact) mass is 809 g/mol. The van der Waals surface area contributed by atoms with Crippen LogP contribution in [0.4, 0.5) is 14.9 Å². The molecular weight excluding hydrogens is 768 g/mol. The van der Waals surface area contributed by atoms with Gasteiger partial charge in [0.15, 0.2) is 5.75 Å². The predicted octanol–water partition coefficient (Wildman–Crippen LogP) is 11.3. The number of benzene rings is 6.